The predicted molar refractivity (Wildman–Crippen MR) is 115 cm³/mol. The number of nitrogens with one attached hydrogen (secondary N) is 2. The second-order valence-electron chi connectivity index (χ2n) is 8.05. The van der Waals surface area contributed by atoms with Crippen LogP contribution in [0.2, 0.25) is 0 Å². The number of carbonyl (C=O) groups is 1. The van der Waals surface area contributed by atoms with Crippen LogP contribution in [0.4, 0.5) is 5.82 Å². The molecule has 1 atom stereocenters. The maximum Gasteiger partial charge on any atom is 0.225 e. The van der Waals surface area contributed by atoms with Crippen LogP contribution in [-0.4, -0.2) is 38.9 Å². The maximum atomic E-state index is 12.8. The van der Waals surface area contributed by atoms with Crippen molar-refractivity contribution in [2.45, 2.75) is 38.6 Å². The van der Waals surface area contributed by atoms with Gasteiger partial charge < -0.3 is 15.2 Å². The Morgan fingerprint density at radius 3 is 2.90 bits per heavy atom. The fourth-order valence-electron chi connectivity index (χ4n) is 4.48. The first-order chi connectivity index (χ1) is 14.8. The van der Waals surface area contributed by atoms with Gasteiger partial charge in [-0.05, 0) is 32.1 Å². The summed E-state index contributed by atoms with van der Waals surface area (Å²) in [5, 5.41) is 3.02. The summed E-state index contributed by atoms with van der Waals surface area (Å²) in [6.45, 7) is 2.06. The molecule has 1 aliphatic carbocycles. The average Bonchev–Trinajstić information content (AvgIpc) is 3.49. The molecule has 3 aromatic rings. The lowest BCUT2D eigenvalue weighted by Gasteiger charge is -2.34. The van der Waals surface area contributed by atoms with E-state index in [2.05, 4.69) is 32.3 Å². The number of rotatable bonds is 5. The van der Waals surface area contributed by atoms with E-state index in [-0.39, 0.29) is 11.8 Å². The van der Waals surface area contributed by atoms with Gasteiger partial charge in [0.05, 0.1) is 12.5 Å². The Bertz CT molecular complexity index is 1020. The molecule has 2 N–H and O–H groups in total. The van der Waals surface area contributed by atoms with Gasteiger partial charge in [-0.25, -0.2) is 15.0 Å². The van der Waals surface area contributed by atoms with Crippen molar-refractivity contribution in [3.8, 4) is 11.4 Å². The number of nitrogens with zero attached hydrogens (tertiary/aromatic N) is 4. The van der Waals surface area contributed by atoms with E-state index in [4.69, 9.17) is 9.97 Å². The summed E-state index contributed by atoms with van der Waals surface area (Å²) in [6, 6.07) is 10.2. The Balaban J connectivity index is 1.37. The number of aromatic nitrogens is 4. The Kier molecular flexibility index (Phi) is 5.17. The monoisotopic (exact) mass is 402 g/mol. The van der Waals surface area contributed by atoms with Gasteiger partial charge in [0.15, 0.2) is 5.82 Å². The Labute approximate surface area is 176 Å². The van der Waals surface area contributed by atoms with Crippen molar-refractivity contribution in [2.24, 2.45) is 5.92 Å². The van der Waals surface area contributed by atoms with E-state index in [1.54, 1.807) is 12.4 Å². The van der Waals surface area contributed by atoms with Crippen LogP contribution < -0.4 is 10.2 Å². The number of hydrogen-bond donors (Lipinski definition) is 2. The smallest absolute Gasteiger partial charge is 0.225 e. The van der Waals surface area contributed by atoms with E-state index in [9.17, 15) is 4.79 Å². The van der Waals surface area contributed by atoms with E-state index in [1.165, 1.54) is 11.3 Å². The number of piperidine rings is 1. The number of aromatic amines is 1. The molecule has 1 fully saturated rings. The Morgan fingerprint density at radius 1 is 1.17 bits per heavy atom. The molecule has 2 aromatic heterocycles. The third-order valence-corrected chi connectivity index (χ3v) is 6.02. The van der Waals surface area contributed by atoms with Crippen molar-refractivity contribution in [1.82, 2.24) is 25.3 Å². The van der Waals surface area contributed by atoms with Crippen molar-refractivity contribution in [1.29, 1.82) is 0 Å². The molecule has 0 unspecified atom stereocenters. The molecule has 0 spiro atoms. The number of amides is 1. The van der Waals surface area contributed by atoms with E-state index in [0.29, 0.717) is 13.1 Å². The SMILES string of the molecule is O=C(NCc1ncc[nH]1)[C@@H]1CCCN(c2nc(-c3ccccc3)nc3c2CCC3)C1. The molecule has 0 saturated carbocycles. The van der Waals surface area contributed by atoms with Crippen LogP contribution in [0.15, 0.2) is 42.7 Å². The van der Waals surface area contributed by atoms with Crippen molar-refractivity contribution in [3.63, 3.8) is 0 Å². The van der Waals surface area contributed by atoms with E-state index in [1.807, 2.05) is 18.2 Å². The standard InChI is InChI=1S/C23H26N6O/c30-23(26-14-20-24-11-12-25-20)17-8-5-13-29(15-17)22-18-9-4-10-19(18)27-21(28-22)16-6-2-1-3-7-16/h1-3,6-7,11-12,17H,4-5,8-10,13-15H2,(H,24,25)(H,26,30)/t17-/m1/s1. The number of carbonyl (C=O) groups excluding carboxylic acids is 1. The number of benzene rings is 1. The summed E-state index contributed by atoms with van der Waals surface area (Å²) < 4.78 is 0. The van der Waals surface area contributed by atoms with Crippen LogP contribution >= 0.6 is 0 Å². The van der Waals surface area contributed by atoms with Gasteiger partial charge in [-0.2, -0.15) is 0 Å². The highest BCUT2D eigenvalue weighted by atomic mass is 16.1. The Hall–Kier alpha value is -3.22. The molecule has 0 radical (unpaired) electrons. The minimum absolute atomic E-state index is 0.0408. The number of hydrogen-bond acceptors (Lipinski definition) is 5. The molecular weight excluding hydrogens is 376 g/mol. The molecule has 3 heterocycles. The van der Waals surface area contributed by atoms with Crippen LogP contribution in [0.25, 0.3) is 11.4 Å². The summed E-state index contributed by atoms with van der Waals surface area (Å²) in [5.74, 6) is 2.64. The van der Waals surface area contributed by atoms with Gasteiger partial charge in [-0.1, -0.05) is 30.3 Å². The molecule has 7 heteroatoms. The van der Waals surface area contributed by atoms with Crippen LogP contribution in [0, 0.1) is 5.92 Å². The lowest BCUT2D eigenvalue weighted by atomic mass is 9.96. The predicted octanol–water partition coefficient (Wildman–Crippen LogP) is 2.89. The molecular formula is C23H26N6O. The molecule has 1 aromatic carbocycles. The number of H-pyrrole nitrogens is 1. The van der Waals surface area contributed by atoms with Crippen molar-refractivity contribution in [3.05, 3.63) is 59.8 Å². The van der Waals surface area contributed by atoms with E-state index < -0.39 is 0 Å². The van der Waals surface area contributed by atoms with Crippen molar-refractivity contribution < 1.29 is 4.79 Å². The quantitative estimate of drug-likeness (QED) is 0.685. The summed E-state index contributed by atoms with van der Waals surface area (Å²) >= 11 is 0. The maximum absolute atomic E-state index is 12.8. The van der Waals surface area contributed by atoms with Crippen LogP contribution in [0.5, 0.6) is 0 Å². The van der Waals surface area contributed by atoms with Crippen molar-refractivity contribution >= 4 is 11.7 Å². The average molecular weight is 403 g/mol. The van der Waals surface area contributed by atoms with Gasteiger partial charge in [-0.15, -0.1) is 0 Å². The minimum atomic E-state index is -0.0408. The zero-order valence-corrected chi connectivity index (χ0v) is 17.0. The highest BCUT2D eigenvalue weighted by Crippen LogP contribution is 2.33. The molecule has 5 rings (SSSR count). The van der Waals surface area contributed by atoms with Gasteiger partial charge in [-0.3, -0.25) is 4.79 Å². The number of fused-ring (bicyclic) bond motifs is 1. The molecule has 30 heavy (non-hydrogen) atoms. The topological polar surface area (TPSA) is 86.8 Å². The third kappa shape index (κ3) is 3.79. The second kappa shape index (κ2) is 8.26. The van der Waals surface area contributed by atoms with Crippen LogP contribution in [0.3, 0.4) is 0 Å². The summed E-state index contributed by atoms with van der Waals surface area (Å²) in [7, 11) is 0. The number of imidazole rings is 1. The molecule has 7 nitrogen and oxygen atoms in total. The van der Waals surface area contributed by atoms with Gasteiger partial charge in [0, 0.05) is 42.3 Å². The molecule has 154 valence electrons. The first kappa shape index (κ1) is 18.8. The normalized spacial score (nSPS) is 18.3. The molecule has 1 saturated heterocycles. The van der Waals surface area contributed by atoms with Gasteiger partial charge in [0.2, 0.25) is 5.91 Å². The lowest BCUT2D eigenvalue weighted by molar-refractivity contribution is -0.125. The summed E-state index contributed by atoms with van der Waals surface area (Å²) in [5.41, 5.74) is 3.48. The largest absolute Gasteiger partial charge is 0.355 e. The summed E-state index contributed by atoms with van der Waals surface area (Å²) in [4.78, 5) is 32.1. The summed E-state index contributed by atoms with van der Waals surface area (Å²) in [6.07, 6.45) is 8.50. The zero-order chi connectivity index (χ0) is 20.3. The van der Waals surface area contributed by atoms with Gasteiger partial charge in [0.1, 0.15) is 11.6 Å². The van der Waals surface area contributed by atoms with Gasteiger partial charge >= 0.3 is 0 Å². The zero-order valence-electron chi connectivity index (χ0n) is 17.0. The minimum Gasteiger partial charge on any atom is -0.355 e. The second-order valence-corrected chi connectivity index (χ2v) is 8.05. The lowest BCUT2D eigenvalue weighted by Crippen LogP contribution is -2.43. The molecule has 0 bridgehead atoms. The molecule has 2 aliphatic rings. The fourth-order valence-corrected chi connectivity index (χ4v) is 4.48. The van der Waals surface area contributed by atoms with Crippen LogP contribution in [-0.2, 0) is 24.2 Å². The first-order valence-electron chi connectivity index (χ1n) is 10.7. The highest BCUT2D eigenvalue weighted by molar-refractivity contribution is 5.79. The number of anilines is 1. The fraction of sp³-hybridized carbons (Fsp3) is 0.391. The highest BCUT2D eigenvalue weighted by Gasteiger charge is 2.30. The molecule has 1 aliphatic heterocycles. The van der Waals surface area contributed by atoms with Crippen molar-refractivity contribution in [2.75, 3.05) is 18.0 Å². The number of aryl methyl sites for hydroxylation is 1. The first-order valence-corrected chi connectivity index (χ1v) is 10.7. The molecule has 1 amide bonds. The van der Waals surface area contributed by atoms with E-state index in [0.717, 1.165) is 61.7 Å². The van der Waals surface area contributed by atoms with E-state index >= 15 is 0 Å². The Morgan fingerprint density at radius 2 is 2.07 bits per heavy atom. The van der Waals surface area contributed by atoms with Gasteiger partial charge in [0.25, 0.3) is 0 Å². The van der Waals surface area contributed by atoms with Crippen LogP contribution in [0.1, 0.15) is 36.3 Å². The third-order valence-electron chi connectivity index (χ3n) is 6.02.